The molecule has 0 aliphatic heterocycles. The van der Waals surface area contributed by atoms with Gasteiger partial charge < -0.3 is 10.7 Å². The van der Waals surface area contributed by atoms with Gasteiger partial charge in [-0.05, 0) is 6.42 Å². The molecule has 0 saturated heterocycles. The fourth-order valence-electron chi connectivity index (χ4n) is 0.702. The van der Waals surface area contributed by atoms with E-state index in [1.54, 1.807) is 6.92 Å². The molecular formula is C6H13F2N3. The summed E-state index contributed by atoms with van der Waals surface area (Å²) >= 11 is 0. The molecule has 66 valence electrons. The highest BCUT2D eigenvalue weighted by Crippen LogP contribution is 2.13. The maximum absolute atomic E-state index is 12.1. The number of nitrogens with zero attached hydrogens (tertiary/aromatic N) is 1. The van der Waals surface area contributed by atoms with Gasteiger partial charge in [0.15, 0.2) is 0 Å². The van der Waals surface area contributed by atoms with Crippen molar-refractivity contribution in [3.8, 4) is 0 Å². The monoisotopic (exact) mass is 165 g/mol. The second kappa shape index (κ2) is 4.12. The summed E-state index contributed by atoms with van der Waals surface area (Å²) < 4.78 is 24.3. The summed E-state index contributed by atoms with van der Waals surface area (Å²) in [4.78, 5) is 0. The average molecular weight is 165 g/mol. The van der Waals surface area contributed by atoms with Crippen LogP contribution in [0.1, 0.15) is 13.3 Å². The predicted octanol–water partition coefficient (Wildman–Crippen LogP) is 0.637. The Hall–Kier alpha value is -0.840. The third-order valence-electron chi connectivity index (χ3n) is 1.30. The Morgan fingerprint density at radius 3 is 2.09 bits per heavy atom. The smallest absolute Gasteiger partial charge is 0.281 e. The number of rotatable bonds is 3. The first kappa shape index (κ1) is 10.2. The molecule has 11 heavy (non-hydrogen) atoms. The minimum Gasteiger partial charge on any atom is -0.400 e. The van der Waals surface area contributed by atoms with Crippen LogP contribution in [0.25, 0.3) is 0 Å². The van der Waals surface area contributed by atoms with Crippen molar-refractivity contribution in [2.45, 2.75) is 19.8 Å². The topological polar surface area (TPSA) is 55.3 Å². The van der Waals surface area contributed by atoms with Crippen molar-refractivity contribution < 1.29 is 8.78 Å². The van der Waals surface area contributed by atoms with Crippen LogP contribution in [0.3, 0.4) is 0 Å². The lowest BCUT2D eigenvalue weighted by Gasteiger charge is -2.17. The van der Waals surface area contributed by atoms with E-state index in [0.717, 1.165) is 5.01 Å². The zero-order valence-corrected chi connectivity index (χ0v) is 6.64. The van der Waals surface area contributed by atoms with Gasteiger partial charge in [-0.1, -0.05) is 6.92 Å². The summed E-state index contributed by atoms with van der Waals surface area (Å²) in [6.45, 7) is 1.70. The minimum absolute atomic E-state index is 0.130. The second-order valence-corrected chi connectivity index (χ2v) is 2.18. The number of hydrogen-bond donors (Lipinski definition) is 2. The van der Waals surface area contributed by atoms with Crippen LogP contribution in [-0.2, 0) is 0 Å². The molecule has 0 aromatic carbocycles. The van der Waals surface area contributed by atoms with Crippen LogP contribution >= 0.6 is 0 Å². The number of allylic oxidation sites excluding steroid dienone is 2. The lowest BCUT2D eigenvalue weighted by Crippen LogP contribution is -2.31. The molecule has 0 saturated carbocycles. The minimum atomic E-state index is -2.61. The molecule has 0 atom stereocenters. The van der Waals surface area contributed by atoms with Gasteiger partial charge in [0, 0.05) is 12.7 Å². The number of nitrogens with two attached hydrogens (primary N) is 2. The van der Waals surface area contributed by atoms with Gasteiger partial charge >= 0.3 is 0 Å². The maximum atomic E-state index is 12.1. The Balaban J connectivity index is 4.58. The molecule has 0 amide bonds. The van der Waals surface area contributed by atoms with E-state index < -0.39 is 6.43 Å². The van der Waals surface area contributed by atoms with E-state index in [-0.39, 0.29) is 11.4 Å². The van der Waals surface area contributed by atoms with Gasteiger partial charge in [-0.25, -0.2) is 14.6 Å². The van der Waals surface area contributed by atoms with Gasteiger partial charge in [0.2, 0.25) is 0 Å². The number of alkyl halides is 2. The van der Waals surface area contributed by atoms with Gasteiger partial charge in [-0.15, -0.1) is 0 Å². The van der Waals surface area contributed by atoms with Gasteiger partial charge in [0.25, 0.3) is 6.43 Å². The van der Waals surface area contributed by atoms with Crippen molar-refractivity contribution in [2.75, 3.05) is 7.05 Å². The summed E-state index contributed by atoms with van der Waals surface area (Å²) in [5.41, 5.74) is 5.13. The van der Waals surface area contributed by atoms with Crippen LogP contribution in [0.2, 0.25) is 0 Å². The molecule has 0 aromatic rings. The van der Waals surface area contributed by atoms with Crippen molar-refractivity contribution in [1.82, 2.24) is 5.01 Å². The van der Waals surface area contributed by atoms with Gasteiger partial charge in [-0.3, -0.25) is 0 Å². The van der Waals surface area contributed by atoms with Crippen molar-refractivity contribution in [3.05, 3.63) is 11.4 Å². The molecule has 0 spiro atoms. The van der Waals surface area contributed by atoms with Crippen LogP contribution in [-0.4, -0.2) is 18.5 Å². The molecule has 0 radical (unpaired) electrons. The summed E-state index contributed by atoms with van der Waals surface area (Å²) in [7, 11) is 1.34. The SMILES string of the molecule is CC/C(N)=C(\C(F)F)N(C)N. The molecule has 0 bridgehead atoms. The highest BCUT2D eigenvalue weighted by Gasteiger charge is 2.16. The first-order valence-corrected chi connectivity index (χ1v) is 3.25. The molecule has 0 aromatic heterocycles. The molecule has 0 unspecified atom stereocenters. The van der Waals surface area contributed by atoms with Crippen molar-refractivity contribution in [2.24, 2.45) is 11.6 Å². The largest absolute Gasteiger partial charge is 0.400 e. The van der Waals surface area contributed by atoms with E-state index in [1.807, 2.05) is 0 Å². The van der Waals surface area contributed by atoms with Gasteiger partial charge in [0.05, 0.1) is 0 Å². The third-order valence-corrected chi connectivity index (χ3v) is 1.30. The quantitative estimate of drug-likeness (QED) is 0.476. The maximum Gasteiger partial charge on any atom is 0.281 e. The average Bonchev–Trinajstić information content (AvgIpc) is 1.85. The summed E-state index contributed by atoms with van der Waals surface area (Å²) in [5.74, 6) is 5.13. The first-order chi connectivity index (χ1) is 5.00. The molecule has 3 nitrogen and oxygen atoms in total. The number of hydrogen-bond acceptors (Lipinski definition) is 3. The molecule has 0 aliphatic carbocycles. The molecule has 0 aliphatic rings. The molecule has 0 heterocycles. The summed E-state index contributed by atoms with van der Waals surface area (Å²) in [6, 6.07) is 0. The first-order valence-electron chi connectivity index (χ1n) is 3.25. The molecular weight excluding hydrogens is 152 g/mol. The van der Waals surface area contributed by atoms with Crippen molar-refractivity contribution >= 4 is 0 Å². The Bertz CT molecular complexity index is 144. The zero-order chi connectivity index (χ0) is 9.02. The lowest BCUT2D eigenvalue weighted by molar-refractivity contribution is 0.146. The highest BCUT2D eigenvalue weighted by molar-refractivity contribution is 5.10. The fraction of sp³-hybridized carbons (Fsp3) is 0.667. The van der Waals surface area contributed by atoms with Crippen molar-refractivity contribution in [3.63, 3.8) is 0 Å². The molecule has 4 N–H and O–H groups in total. The Morgan fingerprint density at radius 2 is 2.00 bits per heavy atom. The van der Waals surface area contributed by atoms with Crippen LogP contribution in [0, 0.1) is 0 Å². The molecule has 5 heteroatoms. The lowest BCUT2D eigenvalue weighted by atomic mass is 10.3. The van der Waals surface area contributed by atoms with Crippen LogP contribution in [0.5, 0.6) is 0 Å². The second-order valence-electron chi connectivity index (χ2n) is 2.18. The normalized spacial score (nSPS) is 13.3. The highest BCUT2D eigenvalue weighted by atomic mass is 19.3. The van der Waals surface area contributed by atoms with E-state index in [0.29, 0.717) is 6.42 Å². The van der Waals surface area contributed by atoms with Gasteiger partial charge in [0.1, 0.15) is 5.70 Å². The van der Waals surface area contributed by atoms with E-state index >= 15 is 0 Å². The van der Waals surface area contributed by atoms with Crippen molar-refractivity contribution in [1.29, 1.82) is 0 Å². The fourth-order valence-corrected chi connectivity index (χ4v) is 0.702. The standard InChI is InChI=1S/C6H13F2N3/c1-3-4(9)5(6(7)8)11(2)10/h6H,3,9-10H2,1-2H3/b5-4-. The Labute approximate surface area is 64.6 Å². The Morgan fingerprint density at radius 1 is 1.55 bits per heavy atom. The third kappa shape index (κ3) is 2.71. The number of hydrazine groups is 1. The van der Waals surface area contributed by atoms with Gasteiger partial charge in [-0.2, -0.15) is 0 Å². The molecule has 0 fully saturated rings. The van der Waals surface area contributed by atoms with Crippen LogP contribution in [0.15, 0.2) is 11.4 Å². The Kier molecular flexibility index (Phi) is 3.81. The zero-order valence-electron chi connectivity index (χ0n) is 6.64. The van der Waals surface area contributed by atoms with E-state index in [1.165, 1.54) is 7.05 Å². The van der Waals surface area contributed by atoms with E-state index in [9.17, 15) is 8.78 Å². The molecule has 0 rings (SSSR count). The predicted molar refractivity (Wildman–Crippen MR) is 39.5 cm³/mol. The van der Waals surface area contributed by atoms with Crippen LogP contribution in [0.4, 0.5) is 8.78 Å². The van der Waals surface area contributed by atoms with Crippen LogP contribution < -0.4 is 11.6 Å². The summed E-state index contributed by atoms with van der Waals surface area (Å²) in [5, 5.41) is 0.851. The summed E-state index contributed by atoms with van der Waals surface area (Å²) in [6.07, 6.45) is -2.23. The van der Waals surface area contributed by atoms with E-state index in [4.69, 9.17) is 11.6 Å². The van der Waals surface area contributed by atoms with E-state index in [2.05, 4.69) is 0 Å². The number of halogens is 2.